The molecule has 2 heterocycles. The van der Waals surface area contributed by atoms with Gasteiger partial charge in [0.1, 0.15) is 12.4 Å². The van der Waals surface area contributed by atoms with Gasteiger partial charge in [-0.05, 0) is 31.0 Å². The summed E-state index contributed by atoms with van der Waals surface area (Å²) in [6.07, 6.45) is 4.04. The minimum absolute atomic E-state index is 0.158. The Kier molecular flexibility index (Phi) is 4.39. The van der Waals surface area contributed by atoms with Crippen LogP contribution in [0.25, 0.3) is 0 Å². The molecule has 0 saturated carbocycles. The summed E-state index contributed by atoms with van der Waals surface area (Å²) in [5.74, 6) is 0.989. The van der Waals surface area contributed by atoms with E-state index in [2.05, 4.69) is 10.4 Å². The van der Waals surface area contributed by atoms with E-state index in [-0.39, 0.29) is 12.0 Å². The molecule has 0 radical (unpaired) electrons. The van der Waals surface area contributed by atoms with Crippen LogP contribution in [0.1, 0.15) is 23.2 Å². The van der Waals surface area contributed by atoms with Gasteiger partial charge in [0.25, 0.3) is 5.91 Å². The molecule has 1 aromatic heterocycles. The summed E-state index contributed by atoms with van der Waals surface area (Å²) in [5.41, 5.74) is 0.537. The van der Waals surface area contributed by atoms with Gasteiger partial charge in [-0.2, -0.15) is 5.10 Å². The molecule has 0 bridgehead atoms. The molecule has 1 atom stereocenters. The lowest BCUT2D eigenvalue weighted by molar-refractivity contribution is 0.0679. The number of amides is 1. The Balaban J connectivity index is 1.61. The molecular formula is C16H19N3O3. The zero-order valence-corrected chi connectivity index (χ0v) is 12.5. The number of ether oxygens (including phenoxy) is 2. The minimum Gasteiger partial charge on any atom is -0.491 e. The topological polar surface area (TPSA) is 65.4 Å². The maximum absolute atomic E-state index is 12.2. The molecule has 1 aliphatic heterocycles. The Hall–Kier alpha value is -2.34. The SMILES string of the molecule is Cn1ccc(NC(=O)c2cccc(OC[C@H]3CCCO3)c2)n1. The molecule has 1 aliphatic rings. The molecule has 1 amide bonds. The molecule has 1 fully saturated rings. The highest BCUT2D eigenvalue weighted by Crippen LogP contribution is 2.18. The van der Waals surface area contributed by atoms with E-state index < -0.39 is 0 Å². The van der Waals surface area contributed by atoms with Gasteiger partial charge in [0.15, 0.2) is 5.82 Å². The maximum atomic E-state index is 12.2. The summed E-state index contributed by atoms with van der Waals surface area (Å²) in [4.78, 5) is 12.2. The molecule has 0 spiro atoms. The van der Waals surface area contributed by atoms with Crippen molar-refractivity contribution in [2.75, 3.05) is 18.5 Å². The van der Waals surface area contributed by atoms with Crippen molar-refractivity contribution in [3.05, 3.63) is 42.1 Å². The van der Waals surface area contributed by atoms with Crippen LogP contribution in [0.4, 0.5) is 5.82 Å². The summed E-state index contributed by atoms with van der Waals surface area (Å²) in [6, 6.07) is 8.87. The van der Waals surface area contributed by atoms with Crippen molar-refractivity contribution in [1.29, 1.82) is 0 Å². The van der Waals surface area contributed by atoms with Gasteiger partial charge in [0, 0.05) is 31.5 Å². The third-order valence-electron chi connectivity index (χ3n) is 3.51. The molecule has 0 unspecified atom stereocenters. The first-order valence-electron chi connectivity index (χ1n) is 7.36. The number of carbonyl (C=O) groups is 1. The van der Waals surface area contributed by atoms with Gasteiger partial charge in [0.05, 0.1) is 6.10 Å². The molecule has 0 aliphatic carbocycles. The molecule has 1 saturated heterocycles. The van der Waals surface area contributed by atoms with E-state index in [1.54, 1.807) is 42.2 Å². The fourth-order valence-electron chi connectivity index (χ4n) is 2.36. The zero-order valence-electron chi connectivity index (χ0n) is 12.5. The van der Waals surface area contributed by atoms with Gasteiger partial charge >= 0.3 is 0 Å². The normalized spacial score (nSPS) is 17.4. The van der Waals surface area contributed by atoms with Crippen LogP contribution in [0.3, 0.4) is 0 Å². The van der Waals surface area contributed by atoms with Crippen molar-refractivity contribution in [1.82, 2.24) is 9.78 Å². The average Bonchev–Trinajstić information content (AvgIpc) is 3.17. The molecule has 3 rings (SSSR count). The smallest absolute Gasteiger partial charge is 0.256 e. The van der Waals surface area contributed by atoms with Gasteiger partial charge in [-0.1, -0.05) is 6.07 Å². The van der Waals surface area contributed by atoms with E-state index in [4.69, 9.17) is 9.47 Å². The molecule has 116 valence electrons. The highest BCUT2D eigenvalue weighted by Gasteiger charge is 2.16. The van der Waals surface area contributed by atoms with Crippen molar-refractivity contribution in [3.8, 4) is 5.75 Å². The number of aryl methyl sites for hydroxylation is 1. The number of hydrogen-bond acceptors (Lipinski definition) is 4. The van der Waals surface area contributed by atoms with Crippen molar-refractivity contribution in [2.24, 2.45) is 7.05 Å². The third kappa shape index (κ3) is 3.65. The lowest BCUT2D eigenvalue weighted by atomic mass is 10.2. The number of carbonyl (C=O) groups excluding carboxylic acids is 1. The Morgan fingerprint density at radius 3 is 3.14 bits per heavy atom. The number of nitrogens with one attached hydrogen (secondary N) is 1. The lowest BCUT2D eigenvalue weighted by Crippen LogP contribution is -2.17. The monoisotopic (exact) mass is 301 g/mol. The highest BCUT2D eigenvalue weighted by molar-refractivity contribution is 6.03. The molecule has 6 nitrogen and oxygen atoms in total. The molecule has 1 aromatic carbocycles. The van der Waals surface area contributed by atoms with E-state index >= 15 is 0 Å². The van der Waals surface area contributed by atoms with E-state index in [0.717, 1.165) is 19.4 Å². The van der Waals surface area contributed by atoms with Crippen LogP contribution < -0.4 is 10.1 Å². The minimum atomic E-state index is -0.207. The molecule has 1 N–H and O–H groups in total. The predicted molar refractivity (Wildman–Crippen MR) is 82.1 cm³/mol. The Bertz CT molecular complexity index is 648. The maximum Gasteiger partial charge on any atom is 0.256 e. The second-order valence-electron chi connectivity index (χ2n) is 5.30. The molecule has 2 aromatic rings. The Morgan fingerprint density at radius 1 is 1.50 bits per heavy atom. The lowest BCUT2D eigenvalue weighted by Gasteiger charge is -2.12. The fourth-order valence-corrected chi connectivity index (χ4v) is 2.36. The standard InChI is InChI=1S/C16H19N3O3/c1-19-8-7-15(18-19)17-16(20)12-4-2-5-13(10-12)22-11-14-6-3-9-21-14/h2,4-5,7-8,10,14H,3,6,9,11H2,1H3,(H,17,18,20)/t14-/m1/s1. The van der Waals surface area contributed by atoms with Crippen molar-refractivity contribution in [2.45, 2.75) is 18.9 Å². The molecule has 6 heteroatoms. The van der Waals surface area contributed by atoms with E-state index in [9.17, 15) is 4.79 Å². The molecular weight excluding hydrogens is 282 g/mol. The van der Waals surface area contributed by atoms with E-state index in [1.165, 1.54) is 0 Å². The quantitative estimate of drug-likeness (QED) is 0.919. The van der Waals surface area contributed by atoms with Gasteiger partial charge in [-0.25, -0.2) is 0 Å². The fraction of sp³-hybridized carbons (Fsp3) is 0.375. The highest BCUT2D eigenvalue weighted by atomic mass is 16.5. The van der Waals surface area contributed by atoms with Crippen molar-refractivity contribution >= 4 is 11.7 Å². The van der Waals surface area contributed by atoms with Crippen LogP contribution in [0, 0.1) is 0 Å². The first-order valence-corrected chi connectivity index (χ1v) is 7.36. The third-order valence-corrected chi connectivity index (χ3v) is 3.51. The summed E-state index contributed by atoms with van der Waals surface area (Å²) >= 11 is 0. The van der Waals surface area contributed by atoms with Crippen LogP contribution in [-0.2, 0) is 11.8 Å². The number of anilines is 1. The van der Waals surface area contributed by atoms with Gasteiger partial charge in [0.2, 0.25) is 0 Å². The van der Waals surface area contributed by atoms with Gasteiger partial charge in [-0.3, -0.25) is 9.48 Å². The van der Waals surface area contributed by atoms with E-state index in [0.29, 0.717) is 23.7 Å². The average molecular weight is 301 g/mol. The molecule has 22 heavy (non-hydrogen) atoms. The summed E-state index contributed by atoms with van der Waals surface area (Å²) < 4.78 is 12.9. The number of nitrogens with zero attached hydrogens (tertiary/aromatic N) is 2. The number of hydrogen-bond donors (Lipinski definition) is 1. The van der Waals surface area contributed by atoms with Crippen molar-refractivity contribution in [3.63, 3.8) is 0 Å². The zero-order chi connectivity index (χ0) is 15.4. The Labute approximate surface area is 129 Å². The van der Waals surface area contributed by atoms with Crippen LogP contribution in [-0.4, -0.2) is 35.0 Å². The number of aromatic nitrogens is 2. The van der Waals surface area contributed by atoms with E-state index in [1.807, 2.05) is 6.07 Å². The van der Waals surface area contributed by atoms with Crippen molar-refractivity contribution < 1.29 is 14.3 Å². The first-order chi connectivity index (χ1) is 10.7. The largest absolute Gasteiger partial charge is 0.491 e. The van der Waals surface area contributed by atoms with Gasteiger partial charge in [-0.15, -0.1) is 0 Å². The first kappa shape index (κ1) is 14.6. The summed E-state index contributed by atoms with van der Waals surface area (Å²) in [5, 5.41) is 6.88. The van der Waals surface area contributed by atoms with Crippen LogP contribution in [0.2, 0.25) is 0 Å². The van der Waals surface area contributed by atoms with Crippen LogP contribution in [0.5, 0.6) is 5.75 Å². The second-order valence-corrected chi connectivity index (χ2v) is 5.30. The number of benzene rings is 1. The summed E-state index contributed by atoms with van der Waals surface area (Å²) in [6.45, 7) is 1.33. The predicted octanol–water partition coefficient (Wildman–Crippen LogP) is 2.23. The second kappa shape index (κ2) is 6.62. The van der Waals surface area contributed by atoms with Crippen LogP contribution >= 0.6 is 0 Å². The number of rotatable bonds is 5. The summed E-state index contributed by atoms with van der Waals surface area (Å²) in [7, 11) is 1.80. The Morgan fingerprint density at radius 2 is 2.41 bits per heavy atom. The van der Waals surface area contributed by atoms with Crippen LogP contribution in [0.15, 0.2) is 36.5 Å². The van der Waals surface area contributed by atoms with Gasteiger partial charge < -0.3 is 14.8 Å².